The number of aromatic nitrogens is 3. The fraction of sp³-hybridized carbons (Fsp3) is 0.143. The molecule has 0 fully saturated rings. The van der Waals surface area contributed by atoms with Gasteiger partial charge in [0, 0.05) is 30.6 Å². The van der Waals surface area contributed by atoms with Crippen LogP contribution in [0.25, 0.3) is 27.5 Å². The maximum Gasteiger partial charge on any atom is 0.300 e. The summed E-state index contributed by atoms with van der Waals surface area (Å²) >= 11 is 1.36. The fourth-order valence-corrected chi connectivity index (χ4v) is 3.56. The first-order chi connectivity index (χ1) is 14.0. The van der Waals surface area contributed by atoms with Gasteiger partial charge in [-0.25, -0.2) is 4.52 Å². The Balaban J connectivity index is 1.66. The number of benzene rings is 2. The molecule has 146 valence electrons. The lowest BCUT2D eigenvalue weighted by molar-refractivity contribution is -0.130. The molecule has 0 N–H and O–H groups in total. The average Bonchev–Trinajstić information content (AvgIpc) is 3.15. The minimum absolute atomic E-state index is 0.0132. The molecule has 29 heavy (non-hydrogen) atoms. The largest absolute Gasteiger partial charge is 0.484 e. The Morgan fingerprint density at radius 3 is 2.48 bits per heavy atom. The van der Waals surface area contributed by atoms with E-state index < -0.39 is 0 Å². The average molecular weight is 406 g/mol. The Bertz CT molecular complexity index is 1210. The third-order valence-electron chi connectivity index (χ3n) is 4.34. The van der Waals surface area contributed by atoms with Crippen LogP contribution < -0.4 is 10.3 Å². The van der Waals surface area contributed by atoms with Crippen LogP contribution in [0.1, 0.15) is 0 Å². The van der Waals surface area contributed by atoms with E-state index in [2.05, 4.69) is 10.1 Å². The minimum atomic E-state index is -0.348. The fourth-order valence-electron chi connectivity index (χ4n) is 2.73. The second kappa shape index (κ2) is 7.84. The molecule has 2 aromatic heterocycles. The maximum absolute atomic E-state index is 12.4. The van der Waals surface area contributed by atoms with Gasteiger partial charge in [-0.1, -0.05) is 30.3 Å². The number of fused-ring (bicyclic) bond motifs is 1. The Kier molecular flexibility index (Phi) is 5.09. The first kappa shape index (κ1) is 18.8. The molecule has 0 aliphatic rings. The molecular formula is C21H18N4O3S. The van der Waals surface area contributed by atoms with Gasteiger partial charge in [0.25, 0.3) is 5.91 Å². The van der Waals surface area contributed by atoms with Crippen LogP contribution in [-0.2, 0) is 4.79 Å². The lowest BCUT2D eigenvalue weighted by Gasteiger charge is -2.11. The van der Waals surface area contributed by atoms with Gasteiger partial charge in [0.15, 0.2) is 12.3 Å². The zero-order valence-corrected chi connectivity index (χ0v) is 16.7. The van der Waals surface area contributed by atoms with E-state index in [4.69, 9.17) is 4.74 Å². The van der Waals surface area contributed by atoms with Crippen LogP contribution in [0.3, 0.4) is 0 Å². The molecule has 0 saturated heterocycles. The second-order valence-corrected chi connectivity index (χ2v) is 7.38. The van der Waals surface area contributed by atoms with Crippen LogP contribution in [0, 0.1) is 0 Å². The van der Waals surface area contributed by atoms with Gasteiger partial charge in [-0.2, -0.15) is 10.1 Å². The monoisotopic (exact) mass is 406 g/mol. The summed E-state index contributed by atoms with van der Waals surface area (Å²) < 4.78 is 7.20. The van der Waals surface area contributed by atoms with Crippen LogP contribution in [0.5, 0.6) is 5.75 Å². The lowest BCUT2D eigenvalue weighted by atomic mass is 10.1. The molecule has 2 aromatic carbocycles. The van der Waals surface area contributed by atoms with E-state index in [1.165, 1.54) is 16.2 Å². The molecule has 0 aliphatic heterocycles. The molecule has 0 bridgehead atoms. The molecule has 1 amide bonds. The van der Waals surface area contributed by atoms with Crippen molar-refractivity contribution in [3.63, 3.8) is 0 Å². The van der Waals surface area contributed by atoms with Crippen molar-refractivity contribution in [1.29, 1.82) is 0 Å². The Labute approximate surface area is 170 Å². The van der Waals surface area contributed by atoms with Gasteiger partial charge in [-0.05, 0) is 24.3 Å². The maximum atomic E-state index is 12.4. The molecular weight excluding hydrogens is 388 g/mol. The number of carbonyl (C=O) groups is 1. The minimum Gasteiger partial charge on any atom is -0.484 e. The molecule has 0 atom stereocenters. The van der Waals surface area contributed by atoms with Crippen molar-refractivity contribution in [3.8, 4) is 28.3 Å². The Morgan fingerprint density at radius 2 is 1.79 bits per heavy atom. The standard InChI is InChI=1S/C21H18N4O3S/c1-24(2)18(26)12-28-16-10-8-14(9-11-16)17-13-29-21-22-20(27)19(23-25(17)21)15-6-4-3-5-7-15/h3-11,13H,12H2,1-2H3. The summed E-state index contributed by atoms with van der Waals surface area (Å²) in [6.45, 7) is -0.0132. The highest BCUT2D eigenvalue weighted by Crippen LogP contribution is 2.26. The first-order valence-electron chi connectivity index (χ1n) is 8.90. The van der Waals surface area contributed by atoms with Crippen molar-refractivity contribution in [2.24, 2.45) is 0 Å². The predicted molar refractivity (Wildman–Crippen MR) is 112 cm³/mol. The molecule has 4 rings (SSSR count). The van der Waals surface area contributed by atoms with E-state index in [0.717, 1.165) is 16.8 Å². The molecule has 0 aliphatic carbocycles. The van der Waals surface area contributed by atoms with Crippen molar-refractivity contribution < 1.29 is 9.53 Å². The summed E-state index contributed by atoms with van der Waals surface area (Å²) in [6, 6.07) is 16.7. The number of rotatable bonds is 5. The van der Waals surface area contributed by atoms with Gasteiger partial charge < -0.3 is 9.64 Å². The number of ether oxygens (including phenoxy) is 1. The number of amides is 1. The van der Waals surface area contributed by atoms with Crippen molar-refractivity contribution in [2.45, 2.75) is 0 Å². The van der Waals surface area contributed by atoms with Crippen molar-refractivity contribution in [1.82, 2.24) is 19.5 Å². The van der Waals surface area contributed by atoms with Crippen LogP contribution in [0.2, 0.25) is 0 Å². The van der Waals surface area contributed by atoms with E-state index in [9.17, 15) is 9.59 Å². The van der Waals surface area contributed by atoms with Crippen LogP contribution in [-0.4, -0.2) is 46.1 Å². The number of hydrogen-bond acceptors (Lipinski definition) is 6. The van der Waals surface area contributed by atoms with Gasteiger partial charge in [0.05, 0.1) is 5.69 Å². The number of carbonyl (C=O) groups excluding carboxylic acids is 1. The van der Waals surface area contributed by atoms with Gasteiger partial charge in [0.1, 0.15) is 5.75 Å². The lowest BCUT2D eigenvalue weighted by Crippen LogP contribution is -2.27. The van der Waals surface area contributed by atoms with Crippen molar-refractivity contribution >= 4 is 22.2 Å². The third kappa shape index (κ3) is 3.88. The third-order valence-corrected chi connectivity index (χ3v) is 5.16. The van der Waals surface area contributed by atoms with Crippen molar-refractivity contribution in [3.05, 3.63) is 70.3 Å². The molecule has 4 aromatic rings. The summed E-state index contributed by atoms with van der Waals surface area (Å²) in [5.74, 6) is 0.497. The van der Waals surface area contributed by atoms with E-state index in [-0.39, 0.29) is 18.1 Å². The van der Waals surface area contributed by atoms with Crippen molar-refractivity contribution in [2.75, 3.05) is 20.7 Å². The molecule has 8 heteroatoms. The predicted octanol–water partition coefficient (Wildman–Crippen LogP) is 2.95. The van der Waals surface area contributed by atoms with Gasteiger partial charge in [0.2, 0.25) is 4.96 Å². The molecule has 2 heterocycles. The first-order valence-corrected chi connectivity index (χ1v) is 9.78. The molecule has 0 saturated carbocycles. The van der Waals surface area contributed by atoms with Gasteiger partial charge >= 0.3 is 5.56 Å². The van der Waals surface area contributed by atoms with Crippen LogP contribution in [0.4, 0.5) is 0 Å². The van der Waals surface area contributed by atoms with E-state index >= 15 is 0 Å². The number of hydrogen-bond donors (Lipinski definition) is 0. The van der Waals surface area contributed by atoms with E-state index in [1.54, 1.807) is 30.7 Å². The highest BCUT2D eigenvalue weighted by Gasteiger charge is 2.13. The number of thiazole rings is 1. The topological polar surface area (TPSA) is 76.8 Å². The van der Waals surface area contributed by atoms with Gasteiger partial charge in [-0.15, -0.1) is 11.3 Å². The summed E-state index contributed by atoms with van der Waals surface area (Å²) in [4.78, 5) is 30.2. The van der Waals surface area contributed by atoms with E-state index in [1.807, 2.05) is 47.8 Å². The van der Waals surface area contributed by atoms with Crippen LogP contribution >= 0.6 is 11.3 Å². The van der Waals surface area contributed by atoms with Gasteiger partial charge in [-0.3, -0.25) is 9.59 Å². The van der Waals surface area contributed by atoms with E-state index in [0.29, 0.717) is 16.4 Å². The number of likely N-dealkylation sites (N-methyl/N-ethyl adjacent to an activating group) is 1. The quantitative estimate of drug-likeness (QED) is 0.509. The SMILES string of the molecule is CN(C)C(=O)COc1ccc(-c2csc3nc(=O)c(-c4ccccc4)nn23)cc1. The number of nitrogens with zero attached hydrogens (tertiary/aromatic N) is 4. The summed E-state index contributed by atoms with van der Waals surface area (Å²) in [7, 11) is 3.37. The highest BCUT2D eigenvalue weighted by molar-refractivity contribution is 7.15. The summed E-state index contributed by atoms with van der Waals surface area (Å²) in [5.41, 5.74) is 2.42. The van der Waals surface area contributed by atoms with Crippen LogP contribution in [0.15, 0.2) is 64.8 Å². The summed E-state index contributed by atoms with van der Waals surface area (Å²) in [6.07, 6.45) is 0. The molecule has 7 nitrogen and oxygen atoms in total. The zero-order valence-electron chi connectivity index (χ0n) is 15.9. The Hall–Kier alpha value is -3.52. The Morgan fingerprint density at radius 1 is 1.07 bits per heavy atom. The molecule has 0 spiro atoms. The highest BCUT2D eigenvalue weighted by atomic mass is 32.1. The normalized spacial score (nSPS) is 10.8. The smallest absolute Gasteiger partial charge is 0.300 e. The molecule has 0 unspecified atom stereocenters. The summed E-state index contributed by atoms with van der Waals surface area (Å²) in [5, 5.41) is 6.47. The zero-order chi connectivity index (χ0) is 20.4. The molecule has 0 radical (unpaired) electrons. The second-order valence-electron chi connectivity index (χ2n) is 6.55.